The first-order valence-corrected chi connectivity index (χ1v) is 9.08. The number of para-hydroxylation sites is 1. The molecule has 0 saturated heterocycles. The number of halogens is 1. The van der Waals surface area contributed by atoms with Gasteiger partial charge in [0.2, 0.25) is 5.91 Å². The van der Waals surface area contributed by atoms with Crippen molar-refractivity contribution in [2.75, 3.05) is 17.6 Å². The Morgan fingerprint density at radius 1 is 1.25 bits per heavy atom. The Morgan fingerprint density at radius 2 is 1.96 bits per heavy atom. The van der Waals surface area contributed by atoms with Gasteiger partial charge in [0, 0.05) is 21.7 Å². The standard InChI is InChI=1S/C19H21ClN2OS/c1-3-12-24-18-11-7-6-10-17(18)22-19(23)13-21-14(2)15-8-4-5-9-16(15)20/h3-11,14,21H,1,12-13H2,2H3,(H,22,23)/t14-/m1/s1. The zero-order chi connectivity index (χ0) is 17.4. The summed E-state index contributed by atoms with van der Waals surface area (Å²) in [5.74, 6) is 0.717. The third-order valence-electron chi connectivity index (χ3n) is 3.46. The zero-order valence-electron chi connectivity index (χ0n) is 13.6. The molecule has 3 nitrogen and oxygen atoms in total. The number of carbonyl (C=O) groups is 1. The van der Waals surface area contributed by atoms with Gasteiger partial charge in [0.1, 0.15) is 0 Å². The van der Waals surface area contributed by atoms with Crippen molar-refractivity contribution < 1.29 is 4.79 Å². The number of benzene rings is 2. The van der Waals surface area contributed by atoms with Crippen LogP contribution in [0.4, 0.5) is 5.69 Å². The molecule has 0 aliphatic rings. The summed E-state index contributed by atoms with van der Waals surface area (Å²) in [6.45, 7) is 5.93. The number of hydrogen-bond donors (Lipinski definition) is 2. The second kappa shape index (κ2) is 9.52. The normalized spacial score (nSPS) is 11.8. The third kappa shape index (κ3) is 5.41. The van der Waals surface area contributed by atoms with Crippen LogP contribution in [-0.4, -0.2) is 18.2 Å². The van der Waals surface area contributed by atoms with E-state index in [1.807, 2.05) is 61.5 Å². The van der Waals surface area contributed by atoms with Gasteiger partial charge in [0.05, 0.1) is 12.2 Å². The highest BCUT2D eigenvalue weighted by Gasteiger charge is 2.11. The molecule has 0 saturated carbocycles. The quantitative estimate of drug-likeness (QED) is 0.519. The molecule has 0 unspecified atom stereocenters. The van der Waals surface area contributed by atoms with E-state index in [0.717, 1.165) is 21.9 Å². The second-order valence-electron chi connectivity index (χ2n) is 5.27. The summed E-state index contributed by atoms with van der Waals surface area (Å²) in [5, 5.41) is 6.85. The fraction of sp³-hybridized carbons (Fsp3) is 0.211. The maximum atomic E-state index is 12.2. The topological polar surface area (TPSA) is 41.1 Å². The number of anilines is 1. The van der Waals surface area contributed by atoms with Crippen LogP contribution >= 0.6 is 23.4 Å². The molecule has 0 aromatic heterocycles. The van der Waals surface area contributed by atoms with Crippen LogP contribution in [0.3, 0.4) is 0 Å². The molecular formula is C19H21ClN2OS. The average molecular weight is 361 g/mol. The van der Waals surface area contributed by atoms with Crippen molar-refractivity contribution >= 4 is 35.0 Å². The Hall–Kier alpha value is -1.75. The van der Waals surface area contributed by atoms with Crippen molar-refractivity contribution in [1.29, 1.82) is 0 Å². The van der Waals surface area contributed by atoms with Crippen LogP contribution in [-0.2, 0) is 4.79 Å². The zero-order valence-corrected chi connectivity index (χ0v) is 15.2. The number of amides is 1. The minimum atomic E-state index is -0.0828. The first-order valence-electron chi connectivity index (χ1n) is 7.72. The van der Waals surface area contributed by atoms with Crippen molar-refractivity contribution in [1.82, 2.24) is 5.32 Å². The van der Waals surface area contributed by atoms with Crippen LogP contribution in [0.15, 0.2) is 66.1 Å². The minimum Gasteiger partial charge on any atom is -0.324 e. The van der Waals surface area contributed by atoms with E-state index in [0.29, 0.717) is 5.02 Å². The summed E-state index contributed by atoms with van der Waals surface area (Å²) in [6.07, 6.45) is 1.84. The van der Waals surface area contributed by atoms with Gasteiger partial charge >= 0.3 is 0 Å². The van der Waals surface area contributed by atoms with Gasteiger partial charge in [-0.2, -0.15) is 0 Å². The summed E-state index contributed by atoms with van der Waals surface area (Å²) in [7, 11) is 0. The molecule has 0 radical (unpaired) electrons. The SMILES string of the molecule is C=CCSc1ccccc1NC(=O)CN[C@H](C)c1ccccc1Cl. The Kier molecular flexibility index (Phi) is 7.37. The molecule has 126 valence electrons. The fourth-order valence-electron chi connectivity index (χ4n) is 2.22. The van der Waals surface area contributed by atoms with E-state index in [4.69, 9.17) is 11.6 Å². The summed E-state index contributed by atoms with van der Waals surface area (Å²) >= 11 is 7.82. The van der Waals surface area contributed by atoms with Gasteiger partial charge in [-0.15, -0.1) is 18.3 Å². The van der Waals surface area contributed by atoms with E-state index < -0.39 is 0 Å². The molecule has 1 amide bonds. The van der Waals surface area contributed by atoms with Crippen LogP contribution in [0.25, 0.3) is 0 Å². The number of hydrogen-bond acceptors (Lipinski definition) is 3. The lowest BCUT2D eigenvalue weighted by molar-refractivity contribution is -0.115. The van der Waals surface area contributed by atoms with Crippen molar-refractivity contribution in [2.24, 2.45) is 0 Å². The van der Waals surface area contributed by atoms with Crippen LogP contribution in [0.2, 0.25) is 5.02 Å². The lowest BCUT2D eigenvalue weighted by atomic mass is 10.1. The number of carbonyl (C=O) groups excluding carboxylic acids is 1. The molecule has 0 heterocycles. The number of nitrogens with one attached hydrogen (secondary N) is 2. The smallest absolute Gasteiger partial charge is 0.238 e. The molecule has 2 aromatic carbocycles. The van der Waals surface area contributed by atoms with Gasteiger partial charge in [-0.25, -0.2) is 0 Å². The molecule has 0 spiro atoms. The Labute approximate surface area is 152 Å². The van der Waals surface area contributed by atoms with E-state index in [1.165, 1.54) is 0 Å². The molecule has 1 atom stereocenters. The van der Waals surface area contributed by atoms with E-state index in [1.54, 1.807) is 11.8 Å². The second-order valence-corrected chi connectivity index (χ2v) is 6.74. The predicted molar refractivity (Wildman–Crippen MR) is 104 cm³/mol. The minimum absolute atomic E-state index is 0.00478. The molecule has 0 aliphatic heterocycles. The van der Waals surface area contributed by atoms with Gasteiger partial charge in [0.15, 0.2) is 0 Å². The Bertz CT molecular complexity index is 705. The maximum Gasteiger partial charge on any atom is 0.238 e. The lowest BCUT2D eigenvalue weighted by Crippen LogP contribution is -2.30. The van der Waals surface area contributed by atoms with Crippen molar-refractivity contribution in [2.45, 2.75) is 17.9 Å². The van der Waals surface area contributed by atoms with E-state index in [9.17, 15) is 4.79 Å². The van der Waals surface area contributed by atoms with Crippen LogP contribution < -0.4 is 10.6 Å². The molecule has 24 heavy (non-hydrogen) atoms. The monoisotopic (exact) mass is 360 g/mol. The summed E-state index contributed by atoms with van der Waals surface area (Å²) in [5.41, 5.74) is 1.80. The molecule has 0 fully saturated rings. The number of rotatable bonds is 8. The Balaban J connectivity index is 1.92. The molecular weight excluding hydrogens is 340 g/mol. The summed E-state index contributed by atoms with van der Waals surface area (Å²) < 4.78 is 0. The average Bonchev–Trinajstić information content (AvgIpc) is 2.59. The molecule has 0 aliphatic carbocycles. The predicted octanol–water partition coefficient (Wildman–Crippen LogP) is 4.91. The lowest BCUT2D eigenvalue weighted by Gasteiger charge is -2.16. The highest BCUT2D eigenvalue weighted by Crippen LogP contribution is 2.27. The van der Waals surface area contributed by atoms with Crippen molar-refractivity contribution in [3.63, 3.8) is 0 Å². The molecule has 5 heteroatoms. The molecule has 2 aromatic rings. The highest BCUT2D eigenvalue weighted by molar-refractivity contribution is 7.99. The van der Waals surface area contributed by atoms with Gasteiger partial charge in [-0.05, 0) is 30.7 Å². The van der Waals surface area contributed by atoms with Crippen LogP contribution in [0.5, 0.6) is 0 Å². The highest BCUT2D eigenvalue weighted by atomic mass is 35.5. The largest absolute Gasteiger partial charge is 0.324 e. The molecule has 2 N–H and O–H groups in total. The van der Waals surface area contributed by atoms with Gasteiger partial charge < -0.3 is 10.6 Å². The first-order chi connectivity index (χ1) is 11.6. The fourth-order valence-corrected chi connectivity index (χ4v) is 3.27. The Morgan fingerprint density at radius 3 is 2.71 bits per heavy atom. The van der Waals surface area contributed by atoms with Gasteiger partial charge in [0.25, 0.3) is 0 Å². The number of thioether (sulfide) groups is 1. The maximum absolute atomic E-state index is 12.2. The van der Waals surface area contributed by atoms with E-state index >= 15 is 0 Å². The molecule has 2 rings (SSSR count). The third-order valence-corrected chi connectivity index (χ3v) is 4.87. The van der Waals surface area contributed by atoms with Crippen LogP contribution in [0, 0.1) is 0 Å². The molecule has 0 bridgehead atoms. The van der Waals surface area contributed by atoms with E-state index in [-0.39, 0.29) is 18.5 Å². The van der Waals surface area contributed by atoms with Crippen molar-refractivity contribution in [3.05, 3.63) is 71.8 Å². The van der Waals surface area contributed by atoms with Crippen molar-refractivity contribution in [3.8, 4) is 0 Å². The summed E-state index contributed by atoms with van der Waals surface area (Å²) in [6, 6.07) is 15.4. The van der Waals surface area contributed by atoms with Crippen LogP contribution in [0.1, 0.15) is 18.5 Å². The van der Waals surface area contributed by atoms with E-state index in [2.05, 4.69) is 17.2 Å². The first kappa shape index (κ1) is 18.6. The van der Waals surface area contributed by atoms with Gasteiger partial charge in [-0.1, -0.05) is 48.0 Å². The van der Waals surface area contributed by atoms with Gasteiger partial charge in [-0.3, -0.25) is 4.79 Å². The summed E-state index contributed by atoms with van der Waals surface area (Å²) in [4.78, 5) is 13.3.